The first-order valence-corrected chi connectivity index (χ1v) is 8.12. The number of piperazine rings is 1. The number of hydrogen-bond acceptors (Lipinski definition) is 3. The van der Waals surface area contributed by atoms with Crippen molar-refractivity contribution in [2.24, 2.45) is 0 Å². The first-order chi connectivity index (χ1) is 10.1. The summed E-state index contributed by atoms with van der Waals surface area (Å²) >= 11 is 3.61. The molecular formula is C16H19BrN2O2. The molecular weight excluding hydrogens is 332 g/mol. The lowest BCUT2D eigenvalue weighted by Gasteiger charge is -2.36. The number of rotatable bonds is 4. The molecule has 1 aliphatic carbocycles. The maximum absolute atomic E-state index is 10.6. The number of nitrogens with zero attached hydrogens (tertiary/aromatic N) is 2. The molecule has 0 bridgehead atoms. The Bertz CT molecular complexity index is 561. The molecule has 1 saturated carbocycles. The van der Waals surface area contributed by atoms with E-state index in [9.17, 15) is 4.79 Å². The van der Waals surface area contributed by atoms with Crippen LogP contribution in [0.2, 0.25) is 0 Å². The number of halogens is 1. The molecule has 0 atom stereocenters. The van der Waals surface area contributed by atoms with Crippen LogP contribution in [0.3, 0.4) is 0 Å². The zero-order chi connectivity index (χ0) is 14.8. The standard InChI is InChI=1S/C16H19BrN2O2/c17-14-11-12(2-6-16(20)21)1-5-15(14)19-9-7-18(8-10-19)13-3-4-13/h1-2,5-6,11,13H,3-4,7-10H2,(H,20,21)/b6-2+. The molecule has 1 heterocycles. The molecule has 3 rings (SSSR count). The van der Waals surface area contributed by atoms with Gasteiger partial charge in [-0.1, -0.05) is 6.07 Å². The average molecular weight is 351 g/mol. The predicted octanol–water partition coefficient (Wildman–Crippen LogP) is 2.83. The quantitative estimate of drug-likeness (QED) is 0.848. The molecule has 2 aliphatic rings. The van der Waals surface area contributed by atoms with Crippen LogP contribution in [0.15, 0.2) is 28.7 Å². The fraction of sp³-hybridized carbons (Fsp3) is 0.438. The molecule has 1 saturated heterocycles. The lowest BCUT2D eigenvalue weighted by molar-refractivity contribution is -0.131. The topological polar surface area (TPSA) is 43.8 Å². The van der Waals surface area contributed by atoms with Crippen molar-refractivity contribution in [1.82, 2.24) is 4.90 Å². The third-order valence-corrected chi connectivity index (χ3v) is 4.74. The van der Waals surface area contributed by atoms with Crippen LogP contribution in [0.4, 0.5) is 5.69 Å². The third kappa shape index (κ3) is 3.66. The molecule has 1 aromatic carbocycles. The summed E-state index contributed by atoms with van der Waals surface area (Å²) in [5.74, 6) is -0.925. The van der Waals surface area contributed by atoms with Crippen molar-refractivity contribution >= 4 is 33.7 Å². The van der Waals surface area contributed by atoms with E-state index in [1.807, 2.05) is 12.1 Å². The van der Waals surface area contributed by atoms with Gasteiger partial charge in [0.1, 0.15) is 0 Å². The SMILES string of the molecule is O=C(O)/C=C/c1ccc(N2CCN(C3CC3)CC2)c(Br)c1. The number of aliphatic carboxylic acids is 1. The zero-order valence-corrected chi connectivity index (χ0v) is 13.4. The van der Waals surface area contributed by atoms with Crippen molar-refractivity contribution in [3.05, 3.63) is 34.3 Å². The van der Waals surface area contributed by atoms with Crippen LogP contribution < -0.4 is 4.90 Å². The van der Waals surface area contributed by atoms with E-state index in [1.54, 1.807) is 6.08 Å². The molecule has 2 fully saturated rings. The number of hydrogen-bond donors (Lipinski definition) is 1. The Kier molecular flexibility index (Phi) is 4.31. The van der Waals surface area contributed by atoms with Gasteiger partial charge in [0.2, 0.25) is 0 Å². The lowest BCUT2D eigenvalue weighted by Crippen LogP contribution is -2.47. The second kappa shape index (κ2) is 6.20. The van der Waals surface area contributed by atoms with Gasteiger partial charge in [-0.2, -0.15) is 0 Å². The minimum atomic E-state index is -0.925. The molecule has 1 aromatic rings. The summed E-state index contributed by atoms with van der Waals surface area (Å²) in [5, 5.41) is 8.67. The van der Waals surface area contributed by atoms with Crippen LogP contribution in [0.5, 0.6) is 0 Å². The Morgan fingerprint density at radius 3 is 2.52 bits per heavy atom. The van der Waals surface area contributed by atoms with Gasteiger partial charge in [-0.25, -0.2) is 4.79 Å². The van der Waals surface area contributed by atoms with Gasteiger partial charge in [-0.05, 0) is 52.5 Å². The van der Waals surface area contributed by atoms with Crippen LogP contribution in [-0.2, 0) is 4.79 Å². The van der Waals surface area contributed by atoms with E-state index in [1.165, 1.54) is 18.5 Å². The van der Waals surface area contributed by atoms with Crippen molar-refractivity contribution in [1.29, 1.82) is 0 Å². The van der Waals surface area contributed by atoms with Gasteiger partial charge in [0.15, 0.2) is 0 Å². The molecule has 1 aliphatic heterocycles. The molecule has 5 heteroatoms. The Balaban J connectivity index is 1.66. The highest BCUT2D eigenvalue weighted by molar-refractivity contribution is 9.10. The van der Waals surface area contributed by atoms with Crippen LogP contribution in [0.25, 0.3) is 6.08 Å². The van der Waals surface area contributed by atoms with Crippen LogP contribution in [-0.4, -0.2) is 48.2 Å². The molecule has 0 aromatic heterocycles. The average Bonchev–Trinajstić information content (AvgIpc) is 3.30. The normalized spacial score (nSPS) is 20.1. The maximum Gasteiger partial charge on any atom is 0.328 e. The first kappa shape index (κ1) is 14.6. The largest absolute Gasteiger partial charge is 0.478 e. The molecule has 112 valence electrons. The second-order valence-electron chi connectivity index (χ2n) is 5.64. The molecule has 0 spiro atoms. The van der Waals surface area contributed by atoms with Gasteiger partial charge in [-0.3, -0.25) is 4.90 Å². The van der Waals surface area contributed by atoms with Crippen LogP contribution in [0, 0.1) is 0 Å². The summed E-state index contributed by atoms with van der Waals surface area (Å²) in [6.45, 7) is 4.38. The molecule has 4 nitrogen and oxygen atoms in total. The van der Waals surface area contributed by atoms with E-state index in [4.69, 9.17) is 5.11 Å². The van der Waals surface area contributed by atoms with E-state index in [-0.39, 0.29) is 0 Å². The molecule has 0 unspecified atom stereocenters. The van der Waals surface area contributed by atoms with Gasteiger partial charge in [0.05, 0.1) is 5.69 Å². The van der Waals surface area contributed by atoms with E-state index >= 15 is 0 Å². The van der Waals surface area contributed by atoms with Crippen molar-refractivity contribution < 1.29 is 9.90 Å². The highest BCUT2D eigenvalue weighted by atomic mass is 79.9. The number of carbonyl (C=O) groups is 1. The summed E-state index contributed by atoms with van der Waals surface area (Å²) in [4.78, 5) is 15.5. The van der Waals surface area contributed by atoms with E-state index in [2.05, 4.69) is 31.8 Å². The van der Waals surface area contributed by atoms with Crippen LogP contribution in [0.1, 0.15) is 18.4 Å². The van der Waals surface area contributed by atoms with Crippen molar-refractivity contribution in [3.8, 4) is 0 Å². The summed E-state index contributed by atoms with van der Waals surface area (Å²) in [5.41, 5.74) is 2.09. The minimum Gasteiger partial charge on any atom is -0.478 e. The second-order valence-corrected chi connectivity index (χ2v) is 6.49. The van der Waals surface area contributed by atoms with Gasteiger partial charge < -0.3 is 10.0 Å². The first-order valence-electron chi connectivity index (χ1n) is 7.33. The third-order valence-electron chi connectivity index (χ3n) is 4.11. The molecule has 21 heavy (non-hydrogen) atoms. The number of carboxylic acid groups (broad SMARTS) is 1. The number of anilines is 1. The molecule has 0 amide bonds. The van der Waals surface area contributed by atoms with E-state index in [0.29, 0.717) is 0 Å². The number of carboxylic acids is 1. The summed E-state index contributed by atoms with van der Waals surface area (Å²) < 4.78 is 1.02. The minimum absolute atomic E-state index is 0.846. The Hall–Kier alpha value is -1.33. The van der Waals surface area contributed by atoms with Crippen molar-refractivity contribution in [2.75, 3.05) is 31.1 Å². The molecule has 0 radical (unpaired) electrons. The molecule has 1 N–H and O–H groups in total. The van der Waals surface area contributed by atoms with Gasteiger partial charge in [0.25, 0.3) is 0 Å². The highest BCUT2D eigenvalue weighted by Gasteiger charge is 2.31. The fourth-order valence-corrected chi connectivity index (χ4v) is 3.47. The van der Waals surface area contributed by atoms with Crippen molar-refractivity contribution in [3.63, 3.8) is 0 Å². The zero-order valence-electron chi connectivity index (χ0n) is 11.8. The van der Waals surface area contributed by atoms with Crippen LogP contribution >= 0.6 is 15.9 Å². The van der Waals surface area contributed by atoms with Gasteiger partial charge in [0, 0.05) is 42.8 Å². The lowest BCUT2D eigenvalue weighted by atomic mass is 10.1. The van der Waals surface area contributed by atoms with E-state index in [0.717, 1.165) is 48.3 Å². The van der Waals surface area contributed by atoms with E-state index < -0.39 is 5.97 Å². The Morgan fingerprint density at radius 2 is 1.95 bits per heavy atom. The predicted molar refractivity (Wildman–Crippen MR) is 87.6 cm³/mol. The Morgan fingerprint density at radius 1 is 1.24 bits per heavy atom. The van der Waals surface area contributed by atoms with Crippen molar-refractivity contribution in [2.45, 2.75) is 18.9 Å². The maximum atomic E-state index is 10.6. The van der Waals surface area contributed by atoms with Gasteiger partial charge in [-0.15, -0.1) is 0 Å². The van der Waals surface area contributed by atoms with Gasteiger partial charge >= 0.3 is 5.97 Å². The highest BCUT2D eigenvalue weighted by Crippen LogP contribution is 2.31. The monoisotopic (exact) mass is 350 g/mol. The smallest absolute Gasteiger partial charge is 0.328 e. The number of benzene rings is 1. The fourth-order valence-electron chi connectivity index (χ4n) is 2.82. The summed E-state index contributed by atoms with van der Waals surface area (Å²) in [6, 6.07) is 6.85. The Labute approximate surface area is 133 Å². The summed E-state index contributed by atoms with van der Waals surface area (Å²) in [6.07, 6.45) is 5.51. The summed E-state index contributed by atoms with van der Waals surface area (Å²) in [7, 11) is 0.